The molecule has 1 heterocycles. The lowest BCUT2D eigenvalue weighted by molar-refractivity contribution is -0.0813. The molecule has 4 atom stereocenters. The molecule has 1 fully saturated rings. The summed E-state index contributed by atoms with van der Waals surface area (Å²) < 4.78 is 10.7. The number of hydrogen-bond donors (Lipinski definition) is 3. The van der Waals surface area contributed by atoms with Gasteiger partial charge in [-0.1, -0.05) is 83.3 Å². The van der Waals surface area contributed by atoms with Crippen molar-refractivity contribution in [1.82, 2.24) is 0 Å². The topological polar surface area (TPSA) is 79.2 Å². The Morgan fingerprint density at radius 2 is 1.37 bits per heavy atom. The van der Waals surface area contributed by atoms with Crippen LogP contribution in [0.25, 0.3) is 0 Å². The molecular formula is C25H48O5. The molecule has 0 aliphatic carbocycles. The van der Waals surface area contributed by atoms with E-state index in [0.717, 1.165) is 19.3 Å². The minimum atomic E-state index is -1.03. The molecule has 0 radical (unpaired) electrons. The summed E-state index contributed by atoms with van der Waals surface area (Å²) in [5.74, 6) is 0. The largest absolute Gasteiger partial charge is 0.388 e. The predicted octanol–water partition coefficient (Wildman–Crippen LogP) is 4.91. The molecule has 0 bridgehead atoms. The highest BCUT2D eigenvalue weighted by molar-refractivity contribution is 4.87. The van der Waals surface area contributed by atoms with Crippen LogP contribution in [0.15, 0.2) is 12.2 Å². The van der Waals surface area contributed by atoms with Crippen LogP contribution in [0, 0.1) is 0 Å². The number of ether oxygens (including phenoxy) is 2. The normalized spacial score (nSPS) is 22.9. The lowest BCUT2D eigenvalue weighted by Crippen LogP contribution is -2.40. The average Bonchev–Trinajstić information content (AvgIpc) is 3.08. The number of allylic oxidation sites excluding steroid dienone is 2. The van der Waals surface area contributed by atoms with E-state index in [0.29, 0.717) is 6.61 Å². The molecule has 1 aliphatic rings. The van der Waals surface area contributed by atoms with Crippen molar-refractivity contribution in [2.45, 2.75) is 128 Å². The van der Waals surface area contributed by atoms with Crippen molar-refractivity contribution >= 4 is 0 Å². The Labute approximate surface area is 184 Å². The SMILES string of the molecule is CCCCCCCCCCCCC/C=C/CCCCOC[C@H](O)[C@H]1OC[C@@H](O)[C@H]1O. The van der Waals surface area contributed by atoms with Crippen LogP contribution in [0.5, 0.6) is 0 Å². The molecule has 1 rings (SSSR count). The zero-order valence-electron chi connectivity index (χ0n) is 19.4. The third-order valence-corrected chi connectivity index (χ3v) is 5.91. The number of rotatable bonds is 20. The van der Waals surface area contributed by atoms with Crippen molar-refractivity contribution in [3.05, 3.63) is 12.2 Å². The number of aliphatic hydroxyl groups excluding tert-OH is 3. The summed E-state index contributed by atoms with van der Waals surface area (Å²) in [5, 5.41) is 29.1. The number of hydrogen-bond acceptors (Lipinski definition) is 5. The monoisotopic (exact) mass is 428 g/mol. The summed E-state index contributed by atoms with van der Waals surface area (Å²) in [6.07, 6.45) is 20.6. The van der Waals surface area contributed by atoms with E-state index < -0.39 is 24.4 Å². The molecule has 30 heavy (non-hydrogen) atoms. The molecule has 0 aromatic carbocycles. The average molecular weight is 429 g/mol. The van der Waals surface area contributed by atoms with Gasteiger partial charge < -0.3 is 24.8 Å². The van der Waals surface area contributed by atoms with Crippen LogP contribution in [0.2, 0.25) is 0 Å². The molecule has 0 aromatic rings. The van der Waals surface area contributed by atoms with Gasteiger partial charge >= 0.3 is 0 Å². The van der Waals surface area contributed by atoms with Crippen LogP contribution in [-0.2, 0) is 9.47 Å². The molecule has 1 saturated heterocycles. The Kier molecular flexibility index (Phi) is 17.7. The fourth-order valence-electron chi connectivity index (χ4n) is 3.89. The Morgan fingerprint density at radius 3 is 1.90 bits per heavy atom. The maximum Gasteiger partial charge on any atom is 0.114 e. The van der Waals surface area contributed by atoms with Crippen LogP contribution in [0.1, 0.15) is 103 Å². The first-order chi connectivity index (χ1) is 14.7. The Hall–Kier alpha value is -0.460. The fraction of sp³-hybridized carbons (Fsp3) is 0.920. The van der Waals surface area contributed by atoms with Crippen molar-refractivity contribution in [2.24, 2.45) is 0 Å². The Balaban J connectivity index is 1.78. The molecule has 5 heteroatoms. The van der Waals surface area contributed by atoms with Gasteiger partial charge in [-0.15, -0.1) is 0 Å². The summed E-state index contributed by atoms with van der Waals surface area (Å²) in [4.78, 5) is 0. The maximum atomic E-state index is 9.95. The van der Waals surface area contributed by atoms with E-state index in [1.807, 2.05) is 0 Å². The summed E-state index contributed by atoms with van der Waals surface area (Å²) in [7, 11) is 0. The first kappa shape index (κ1) is 27.6. The second kappa shape index (κ2) is 19.2. The fourth-order valence-corrected chi connectivity index (χ4v) is 3.89. The lowest BCUT2D eigenvalue weighted by atomic mass is 10.1. The molecule has 0 unspecified atom stereocenters. The summed E-state index contributed by atoms with van der Waals surface area (Å²) >= 11 is 0. The molecule has 0 spiro atoms. The van der Waals surface area contributed by atoms with E-state index in [4.69, 9.17) is 9.47 Å². The number of aliphatic hydroxyl groups is 3. The molecule has 1 aliphatic heterocycles. The van der Waals surface area contributed by atoms with Crippen LogP contribution in [-0.4, -0.2) is 59.6 Å². The summed E-state index contributed by atoms with van der Waals surface area (Å²) in [5.41, 5.74) is 0. The van der Waals surface area contributed by atoms with Crippen molar-refractivity contribution in [3.8, 4) is 0 Å². The molecule has 0 amide bonds. The predicted molar refractivity (Wildman–Crippen MR) is 123 cm³/mol. The van der Waals surface area contributed by atoms with Crippen LogP contribution in [0.3, 0.4) is 0 Å². The minimum absolute atomic E-state index is 0.0639. The molecule has 3 N–H and O–H groups in total. The van der Waals surface area contributed by atoms with Gasteiger partial charge in [-0.3, -0.25) is 0 Å². The van der Waals surface area contributed by atoms with E-state index in [2.05, 4.69) is 19.1 Å². The van der Waals surface area contributed by atoms with Crippen LogP contribution < -0.4 is 0 Å². The zero-order valence-corrected chi connectivity index (χ0v) is 19.4. The second-order valence-corrected chi connectivity index (χ2v) is 8.79. The zero-order chi connectivity index (χ0) is 21.9. The van der Waals surface area contributed by atoms with Gasteiger partial charge in [-0.25, -0.2) is 0 Å². The highest BCUT2D eigenvalue weighted by Gasteiger charge is 2.39. The van der Waals surface area contributed by atoms with Crippen molar-refractivity contribution in [1.29, 1.82) is 0 Å². The van der Waals surface area contributed by atoms with Gasteiger partial charge in [-0.05, 0) is 32.1 Å². The quantitative estimate of drug-likeness (QED) is 0.190. The van der Waals surface area contributed by atoms with Gasteiger partial charge in [0.2, 0.25) is 0 Å². The van der Waals surface area contributed by atoms with E-state index in [-0.39, 0.29) is 13.2 Å². The van der Waals surface area contributed by atoms with Gasteiger partial charge in [0.1, 0.15) is 24.4 Å². The highest BCUT2D eigenvalue weighted by atomic mass is 16.5. The molecule has 0 aromatic heterocycles. The Morgan fingerprint density at radius 1 is 0.833 bits per heavy atom. The molecule has 178 valence electrons. The van der Waals surface area contributed by atoms with Gasteiger partial charge in [0, 0.05) is 6.61 Å². The minimum Gasteiger partial charge on any atom is -0.388 e. The third-order valence-electron chi connectivity index (χ3n) is 5.91. The molecule has 5 nitrogen and oxygen atoms in total. The van der Waals surface area contributed by atoms with E-state index in [1.54, 1.807) is 0 Å². The van der Waals surface area contributed by atoms with Gasteiger partial charge in [0.05, 0.1) is 13.2 Å². The van der Waals surface area contributed by atoms with Gasteiger partial charge in [0.15, 0.2) is 0 Å². The molecule has 0 saturated carbocycles. The summed E-state index contributed by atoms with van der Waals surface area (Å²) in [6, 6.07) is 0. The van der Waals surface area contributed by atoms with Crippen molar-refractivity contribution < 1.29 is 24.8 Å². The van der Waals surface area contributed by atoms with E-state index in [1.165, 1.54) is 77.0 Å². The highest BCUT2D eigenvalue weighted by Crippen LogP contribution is 2.18. The maximum absolute atomic E-state index is 9.95. The van der Waals surface area contributed by atoms with Gasteiger partial charge in [-0.2, -0.15) is 0 Å². The third kappa shape index (κ3) is 13.8. The van der Waals surface area contributed by atoms with E-state index >= 15 is 0 Å². The first-order valence-electron chi connectivity index (χ1n) is 12.5. The van der Waals surface area contributed by atoms with Gasteiger partial charge in [0.25, 0.3) is 0 Å². The number of unbranched alkanes of at least 4 members (excludes halogenated alkanes) is 13. The van der Waals surface area contributed by atoms with Crippen LogP contribution >= 0.6 is 0 Å². The van der Waals surface area contributed by atoms with Crippen LogP contribution in [0.4, 0.5) is 0 Å². The van der Waals surface area contributed by atoms with E-state index in [9.17, 15) is 15.3 Å². The second-order valence-electron chi connectivity index (χ2n) is 8.79. The lowest BCUT2D eigenvalue weighted by Gasteiger charge is -2.20. The van der Waals surface area contributed by atoms with Crippen molar-refractivity contribution in [2.75, 3.05) is 19.8 Å². The van der Waals surface area contributed by atoms with Crippen molar-refractivity contribution in [3.63, 3.8) is 0 Å². The first-order valence-corrected chi connectivity index (χ1v) is 12.5. The molecular weight excluding hydrogens is 380 g/mol. The Bertz CT molecular complexity index is 401. The smallest absolute Gasteiger partial charge is 0.114 e. The standard InChI is InChI=1S/C25H48O5/c1-2-3-4-5-6-7-8-9-10-11-12-13-14-15-16-17-18-19-29-20-23(27)25-24(28)22(26)21-30-25/h14-15,22-28H,2-13,16-21H2,1H3/b15-14+/t22-,23+,24-,25-/m1/s1. The summed E-state index contributed by atoms with van der Waals surface area (Å²) in [6.45, 7) is 3.06.